The standard InChI is InChI=1S/C29H41N3O5/c1-29(2,3)24(27(35)32-21-16-10-15-20(21)17-22(32)28(36)37)31-26(34)23(18-11-6-4-7-12-18)30-25(33)19-13-8-5-9-14-19/h5,8-9,13-14,18,20-24H,4,6-7,10-12,15-17H2,1-3H3,(H,30,33)(H,31,34)(H,36,37)/t20-,21-,22-,23-,24+/m0/s1. The lowest BCUT2D eigenvalue weighted by molar-refractivity contribution is -0.152. The zero-order chi connectivity index (χ0) is 26.7. The minimum Gasteiger partial charge on any atom is -0.480 e. The van der Waals surface area contributed by atoms with Crippen LogP contribution in [0.15, 0.2) is 30.3 Å². The van der Waals surface area contributed by atoms with Crippen LogP contribution in [-0.4, -0.2) is 57.9 Å². The minimum atomic E-state index is -0.989. The van der Waals surface area contributed by atoms with Crippen LogP contribution in [-0.2, 0) is 14.4 Å². The van der Waals surface area contributed by atoms with Gasteiger partial charge in [0.2, 0.25) is 11.8 Å². The molecule has 8 heteroatoms. The molecule has 5 atom stereocenters. The van der Waals surface area contributed by atoms with E-state index in [0.717, 1.165) is 51.4 Å². The van der Waals surface area contributed by atoms with Crippen molar-refractivity contribution in [3.05, 3.63) is 35.9 Å². The maximum atomic E-state index is 14.0. The molecule has 3 fully saturated rings. The number of aliphatic carboxylic acids is 1. The number of likely N-dealkylation sites (tertiary alicyclic amines) is 1. The van der Waals surface area contributed by atoms with E-state index < -0.39 is 29.5 Å². The first-order valence-electron chi connectivity index (χ1n) is 13.8. The fourth-order valence-corrected chi connectivity index (χ4v) is 6.54. The van der Waals surface area contributed by atoms with Gasteiger partial charge in [-0.2, -0.15) is 0 Å². The molecule has 4 rings (SSSR count). The smallest absolute Gasteiger partial charge is 0.326 e. The van der Waals surface area contributed by atoms with Crippen molar-refractivity contribution in [2.24, 2.45) is 17.3 Å². The van der Waals surface area contributed by atoms with Crippen LogP contribution in [0.5, 0.6) is 0 Å². The van der Waals surface area contributed by atoms with Gasteiger partial charge in [-0.05, 0) is 61.5 Å². The highest BCUT2D eigenvalue weighted by molar-refractivity contribution is 5.99. The number of benzene rings is 1. The molecule has 2 saturated carbocycles. The van der Waals surface area contributed by atoms with Crippen molar-refractivity contribution in [1.29, 1.82) is 0 Å². The van der Waals surface area contributed by atoms with Crippen molar-refractivity contribution in [3.8, 4) is 0 Å². The summed E-state index contributed by atoms with van der Waals surface area (Å²) in [5.41, 5.74) is -0.166. The number of nitrogens with one attached hydrogen (secondary N) is 2. The molecule has 3 N–H and O–H groups in total. The minimum absolute atomic E-state index is 0.0186. The molecule has 202 valence electrons. The summed E-state index contributed by atoms with van der Waals surface area (Å²) < 4.78 is 0. The Labute approximate surface area is 219 Å². The maximum absolute atomic E-state index is 14.0. The van der Waals surface area contributed by atoms with Gasteiger partial charge in [0.1, 0.15) is 18.1 Å². The number of nitrogens with zero attached hydrogens (tertiary/aromatic N) is 1. The molecule has 1 aromatic carbocycles. The SMILES string of the molecule is CC(C)(C)[C@H](NC(=O)[C@@H](NC(=O)c1ccccc1)C1CCCCC1)C(=O)N1[C@H](C(=O)O)C[C@@H]2CCC[C@@H]21. The monoisotopic (exact) mass is 511 g/mol. The van der Waals surface area contributed by atoms with Crippen LogP contribution in [0, 0.1) is 17.3 Å². The van der Waals surface area contributed by atoms with Crippen LogP contribution in [0.25, 0.3) is 0 Å². The molecule has 8 nitrogen and oxygen atoms in total. The summed E-state index contributed by atoms with van der Waals surface area (Å²) in [7, 11) is 0. The van der Waals surface area contributed by atoms with E-state index in [1.54, 1.807) is 29.2 Å². The summed E-state index contributed by atoms with van der Waals surface area (Å²) in [5, 5.41) is 15.8. The average Bonchev–Trinajstić information content (AvgIpc) is 3.47. The second-order valence-corrected chi connectivity index (χ2v) is 12.1. The number of hydrogen-bond donors (Lipinski definition) is 3. The highest BCUT2D eigenvalue weighted by atomic mass is 16.4. The Morgan fingerprint density at radius 1 is 0.919 bits per heavy atom. The maximum Gasteiger partial charge on any atom is 0.326 e. The van der Waals surface area contributed by atoms with Gasteiger partial charge in [0.15, 0.2) is 0 Å². The fraction of sp³-hybridized carbons (Fsp3) is 0.655. The first kappa shape index (κ1) is 27.1. The van der Waals surface area contributed by atoms with Gasteiger partial charge < -0.3 is 20.6 Å². The second kappa shape index (κ2) is 11.2. The van der Waals surface area contributed by atoms with Crippen molar-refractivity contribution >= 4 is 23.7 Å². The first-order chi connectivity index (χ1) is 17.6. The Morgan fingerprint density at radius 3 is 2.22 bits per heavy atom. The number of carboxylic acid groups (broad SMARTS) is 1. The third-order valence-electron chi connectivity index (χ3n) is 8.50. The van der Waals surface area contributed by atoms with Crippen molar-refractivity contribution in [2.75, 3.05) is 0 Å². The summed E-state index contributed by atoms with van der Waals surface area (Å²) >= 11 is 0. The van der Waals surface area contributed by atoms with Crippen molar-refractivity contribution in [1.82, 2.24) is 15.5 Å². The van der Waals surface area contributed by atoms with Gasteiger partial charge in [0.05, 0.1) is 0 Å². The van der Waals surface area contributed by atoms with E-state index in [-0.39, 0.29) is 35.6 Å². The number of carbonyl (C=O) groups excluding carboxylic acids is 3. The van der Waals surface area contributed by atoms with Crippen LogP contribution in [0.1, 0.15) is 88.9 Å². The highest BCUT2D eigenvalue weighted by Crippen LogP contribution is 2.42. The molecule has 3 aliphatic rings. The molecule has 1 aliphatic heterocycles. The van der Waals surface area contributed by atoms with Crippen LogP contribution >= 0.6 is 0 Å². The number of amides is 3. The predicted molar refractivity (Wildman–Crippen MR) is 140 cm³/mol. The molecular weight excluding hydrogens is 470 g/mol. The summed E-state index contributed by atoms with van der Waals surface area (Å²) in [6.07, 6.45) is 7.93. The van der Waals surface area contributed by atoms with Crippen LogP contribution in [0.3, 0.4) is 0 Å². The van der Waals surface area contributed by atoms with E-state index in [4.69, 9.17) is 0 Å². The quantitative estimate of drug-likeness (QED) is 0.516. The van der Waals surface area contributed by atoms with Gasteiger partial charge >= 0.3 is 5.97 Å². The normalized spacial score (nSPS) is 25.7. The number of carbonyl (C=O) groups is 4. The Morgan fingerprint density at radius 2 is 1.59 bits per heavy atom. The zero-order valence-corrected chi connectivity index (χ0v) is 22.2. The summed E-state index contributed by atoms with van der Waals surface area (Å²) in [6.45, 7) is 5.64. The van der Waals surface area contributed by atoms with E-state index in [1.165, 1.54) is 0 Å². The molecule has 1 heterocycles. The molecule has 0 bridgehead atoms. The van der Waals surface area contributed by atoms with E-state index in [0.29, 0.717) is 12.0 Å². The largest absolute Gasteiger partial charge is 0.480 e. The fourth-order valence-electron chi connectivity index (χ4n) is 6.54. The van der Waals surface area contributed by atoms with Crippen LogP contribution in [0.4, 0.5) is 0 Å². The molecular formula is C29H41N3O5. The molecule has 1 saturated heterocycles. The number of fused-ring (bicyclic) bond motifs is 1. The Bertz CT molecular complexity index is 999. The topological polar surface area (TPSA) is 116 Å². The van der Waals surface area contributed by atoms with E-state index >= 15 is 0 Å². The molecule has 0 aromatic heterocycles. The van der Waals surface area contributed by atoms with E-state index in [1.807, 2.05) is 26.8 Å². The third-order valence-corrected chi connectivity index (χ3v) is 8.50. The average molecular weight is 512 g/mol. The lowest BCUT2D eigenvalue weighted by atomic mass is 9.82. The highest BCUT2D eigenvalue weighted by Gasteiger charge is 2.52. The van der Waals surface area contributed by atoms with E-state index in [9.17, 15) is 24.3 Å². The second-order valence-electron chi connectivity index (χ2n) is 12.1. The molecule has 2 aliphatic carbocycles. The number of hydrogen-bond acceptors (Lipinski definition) is 4. The Kier molecular flexibility index (Phi) is 8.24. The molecule has 3 amide bonds. The zero-order valence-electron chi connectivity index (χ0n) is 22.2. The number of carboxylic acids is 1. The Hall–Kier alpha value is -2.90. The van der Waals surface area contributed by atoms with Crippen molar-refractivity contribution < 1.29 is 24.3 Å². The van der Waals surface area contributed by atoms with Gasteiger partial charge in [0.25, 0.3) is 5.91 Å². The lowest BCUT2D eigenvalue weighted by Crippen LogP contribution is -2.62. The summed E-state index contributed by atoms with van der Waals surface area (Å²) in [4.78, 5) is 54.5. The van der Waals surface area contributed by atoms with Gasteiger partial charge in [-0.25, -0.2) is 4.79 Å². The molecule has 1 aromatic rings. The predicted octanol–water partition coefficient (Wildman–Crippen LogP) is 3.75. The van der Waals surface area contributed by atoms with Gasteiger partial charge in [0, 0.05) is 11.6 Å². The van der Waals surface area contributed by atoms with E-state index in [2.05, 4.69) is 10.6 Å². The Balaban J connectivity index is 1.57. The van der Waals surface area contributed by atoms with Crippen molar-refractivity contribution in [2.45, 2.75) is 103 Å². The van der Waals surface area contributed by atoms with Crippen LogP contribution < -0.4 is 10.6 Å². The lowest BCUT2D eigenvalue weighted by Gasteiger charge is -2.38. The number of rotatable bonds is 7. The molecule has 0 unspecified atom stereocenters. The third kappa shape index (κ3) is 5.99. The molecule has 0 radical (unpaired) electrons. The van der Waals surface area contributed by atoms with Gasteiger partial charge in [-0.15, -0.1) is 0 Å². The molecule has 37 heavy (non-hydrogen) atoms. The van der Waals surface area contributed by atoms with Crippen molar-refractivity contribution in [3.63, 3.8) is 0 Å². The van der Waals surface area contributed by atoms with Gasteiger partial charge in [-0.3, -0.25) is 14.4 Å². The summed E-state index contributed by atoms with van der Waals surface area (Å²) in [6, 6.07) is 6.19. The molecule has 0 spiro atoms. The van der Waals surface area contributed by atoms with Crippen LogP contribution in [0.2, 0.25) is 0 Å². The first-order valence-corrected chi connectivity index (χ1v) is 13.8. The summed E-state index contributed by atoms with van der Waals surface area (Å²) in [5.74, 6) is -1.84. The van der Waals surface area contributed by atoms with Gasteiger partial charge in [-0.1, -0.05) is 64.7 Å².